The van der Waals surface area contributed by atoms with Crippen molar-refractivity contribution in [3.05, 3.63) is 53.1 Å². The molecule has 0 fully saturated rings. The third-order valence-corrected chi connectivity index (χ3v) is 4.45. The van der Waals surface area contributed by atoms with Crippen molar-refractivity contribution in [2.24, 2.45) is 0 Å². The fraction of sp³-hybridized carbons (Fsp3) is 0.286. The molecule has 0 saturated heterocycles. The van der Waals surface area contributed by atoms with Crippen LogP contribution in [0.1, 0.15) is 30.0 Å². The summed E-state index contributed by atoms with van der Waals surface area (Å²) in [6.07, 6.45) is 1.53. The first-order valence-corrected chi connectivity index (χ1v) is 8.38. The number of esters is 1. The highest BCUT2D eigenvalue weighted by molar-refractivity contribution is 5.95. The summed E-state index contributed by atoms with van der Waals surface area (Å²) in [7, 11) is 4.88. The molecule has 0 bridgehead atoms. The predicted octanol–water partition coefficient (Wildman–Crippen LogP) is 4.09. The summed E-state index contributed by atoms with van der Waals surface area (Å²) in [5.74, 6) is 2.42. The Hall–Kier alpha value is -2.95. The van der Waals surface area contributed by atoms with Crippen molar-refractivity contribution in [1.82, 2.24) is 0 Å². The average molecular weight is 354 g/mol. The molecule has 0 aliphatic heterocycles. The van der Waals surface area contributed by atoms with Gasteiger partial charge in [0.05, 0.1) is 21.3 Å². The van der Waals surface area contributed by atoms with E-state index in [4.69, 9.17) is 18.9 Å². The minimum absolute atomic E-state index is 0.358. The van der Waals surface area contributed by atoms with Gasteiger partial charge in [0.1, 0.15) is 23.0 Å². The van der Waals surface area contributed by atoms with Crippen LogP contribution < -0.4 is 14.2 Å². The Morgan fingerprint density at radius 3 is 2.19 bits per heavy atom. The molecule has 1 aliphatic carbocycles. The molecule has 0 saturated carbocycles. The lowest BCUT2D eigenvalue weighted by Gasteiger charge is -2.24. The van der Waals surface area contributed by atoms with Crippen LogP contribution in [0.3, 0.4) is 0 Å². The van der Waals surface area contributed by atoms with Crippen molar-refractivity contribution >= 4 is 17.3 Å². The summed E-state index contributed by atoms with van der Waals surface area (Å²) in [6, 6.07) is 11.4. The molecular weight excluding hydrogens is 332 g/mol. The summed E-state index contributed by atoms with van der Waals surface area (Å²) in [4.78, 5) is 11.8. The number of hydrogen-bond acceptors (Lipinski definition) is 5. The molecule has 5 nitrogen and oxygen atoms in total. The molecule has 0 N–H and O–H groups in total. The Bertz CT molecular complexity index is 867. The highest BCUT2D eigenvalue weighted by atomic mass is 16.5. The number of carbonyl (C=O) groups is 1. The highest BCUT2D eigenvalue weighted by Crippen LogP contribution is 2.42. The number of allylic oxidation sites excluding steroid dienone is 1. The van der Waals surface area contributed by atoms with Crippen molar-refractivity contribution in [1.29, 1.82) is 0 Å². The lowest BCUT2D eigenvalue weighted by atomic mass is 9.86. The number of carbonyl (C=O) groups excluding carboxylic acids is 1. The van der Waals surface area contributed by atoms with E-state index in [9.17, 15) is 4.79 Å². The SMILES string of the molecule is COc1ccc2c(c1)CCC(c1cc(OC)ccc1OC)=C2OC(C)=O. The molecule has 3 rings (SSSR count). The summed E-state index contributed by atoms with van der Waals surface area (Å²) >= 11 is 0. The van der Waals surface area contributed by atoms with Crippen molar-refractivity contribution in [2.75, 3.05) is 21.3 Å². The highest BCUT2D eigenvalue weighted by Gasteiger charge is 2.25. The topological polar surface area (TPSA) is 54.0 Å². The van der Waals surface area contributed by atoms with Gasteiger partial charge in [0, 0.05) is 23.6 Å². The second kappa shape index (κ2) is 7.52. The van der Waals surface area contributed by atoms with Gasteiger partial charge in [-0.2, -0.15) is 0 Å². The van der Waals surface area contributed by atoms with Crippen molar-refractivity contribution in [3.63, 3.8) is 0 Å². The predicted molar refractivity (Wildman–Crippen MR) is 99.4 cm³/mol. The molecule has 136 valence electrons. The maximum Gasteiger partial charge on any atom is 0.308 e. The van der Waals surface area contributed by atoms with Crippen LogP contribution in [0.5, 0.6) is 17.2 Å². The second-order valence-electron chi connectivity index (χ2n) is 5.99. The van der Waals surface area contributed by atoms with E-state index in [0.29, 0.717) is 17.9 Å². The Morgan fingerprint density at radius 2 is 1.54 bits per heavy atom. The Kier molecular flexibility index (Phi) is 5.16. The van der Waals surface area contributed by atoms with Crippen molar-refractivity contribution in [2.45, 2.75) is 19.8 Å². The number of rotatable bonds is 5. The molecule has 0 radical (unpaired) electrons. The first kappa shape index (κ1) is 17.9. The van der Waals surface area contributed by atoms with Crippen molar-refractivity contribution in [3.8, 4) is 17.2 Å². The van der Waals surface area contributed by atoms with E-state index in [1.54, 1.807) is 21.3 Å². The molecule has 0 amide bonds. The molecule has 26 heavy (non-hydrogen) atoms. The zero-order valence-corrected chi connectivity index (χ0v) is 15.4. The van der Waals surface area contributed by atoms with E-state index >= 15 is 0 Å². The van der Waals surface area contributed by atoms with E-state index in [1.165, 1.54) is 6.92 Å². The van der Waals surface area contributed by atoms with Gasteiger partial charge in [0.25, 0.3) is 0 Å². The van der Waals surface area contributed by atoms with Crippen LogP contribution in [0.15, 0.2) is 36.4 Å². The van der Waals surface area contributed by atoms with Crippen LogP contribution in [0.2, 0.25) is 0 Å². The molecule has 0 unspecified atom stereocenters. The van der Waals surface area contributed by atoms with E-state index < -0.39 is 0 Å². The molecular formula is C21H22O5. The first-order chi connectivity index (χ1) is 12.6. The van der Waals surface area contributed by atoms with Crippen LogP contribution in [-0.4, -0.2) is 27.3 Å². The fourth-order valence-corrected chi connectivity index (χ4v) is 3.23. The Labute approximate surface area is 153 Å². The van der Waals surface area contributed by atoms with Gasteiger partial charge in [-0.15, -0.1) is 0 Å². The van der Waals surface area contributed by atoms with E-state index in [-0.39, 0.29) is 5.97 Å². The molecule has 0 atom stereocenters. The van der Waals surface area contributed by atoms with Gasteiger partial charge in [-0.05, 0) is 54.8 Å². The lowest BCUT2D eigenvalue weighted by molar-refractivity contribution is -0.134. The molecule has 5 heteroatoms. The van der Waals surface area contributed by atoms with Gasteiger partial charge < -0.3 is 18.9 Å². The summed E-state index contributed by atoms with van der Waals surface area (Å²) < 4.78 is 21.8. The van der Waals surface area contributed by atoms with Crippen LogP contribution in [0.25, 0.3) is 11.3 Å². The van der Waals surface area contributed by atoms with E-state index in [0.717, 1.165) is 40.2 Å². The molecule has 0 heterocycles. The third-order valence-electron chi connectivity index (χ3n) is 4.45. The first-order valence-electron chi connectivity index (χ1n) is 8.38. The Balaban J connectivity index is 2.21. The maximum absolute atomic E-state index is 11.8. The minimum Gasteiger partial charge on any atom is -0.497 e. The number of fused-ring (bicyclic) bond motifs is 1. The maximum atomic E-state index is 11.8. The molecule has 2 aromatic carbocycles. The summed E-state index contributed by atoms with van der Waals surface area (Å²) in [6.45, 7) is 1.41. The third kappa shape index (κ3) is 3.38. The van der Waals surface area contributed by atoms with Gasteiger partial charge >= 0.3 is 5.97 Å². The largest absolute Gasteiger partial charge is 0.497 e. The molecule has 0 spiro atoms. The number of hydrogen-bond donors (Lipinski definition) is 0. The van der Waals surface area contributed by atoms with Crippen LogP contribution >= 0.6 is 0 Å². The van der Waals surface area contributed by atoms with E-state index in [2.05, 4.69) is 0 Å². The van der Waals surface area contributed by atoms with Gasteiger partial charge in [0.2, 0.25) is 0 Å². The quantitative estimate of drug-likeness (QED) is 0.757. The number of aryl methyl sites for hydroxylation is 1. The summed E-state index contributed by atoms with van der Waals surface area (Å²) in [5.41, 5.74) is 3.77. The van der Waals surface area contributed by atoms with Crippen LogP contribution in [0, 0.1) is 0 Å². The summed E-state index contributed by atoms with van der Waals surface area (Å²) in [5, 5.41) is 0. The van der Waals surface area contributed by atoms with Crippen LogP contribution in [-0.2, 0) is 16.0 Å². The second-order valence-corrected chi connectivity index (χ2v) is 5.99. The molecule has 2 aromatic rings. The number of benzene rings is 2. The minimum atomic E-state index is -0.358. The van der Waals surface area contributed by atoms with E-state index in [1.807, 2.05) is 36.4 Å². The van der Waals surface area contributed by atoms with Gasteiger partial charge in [-0.3, -0.25) is 4.79 Å². The standard InChI is InChI=1S/C21H22O5/c1-13(22)26-21-17-9-6-15(23-2)11-14(17)5-8-18(21)19-12-16(24-3)7-10-20(19)25-4/h6-7,9-12H,5,8H2,1-4H3. The van der Waals surface area contributed by atoms with Crippen molar-refractivity contribution < 1.29 is 23.7 Å². The normalized spacial score (nSPS) is 13.1. The van der Waals surface area contributed by atoms with Crippen LogP contribution in [0.4, 0.5) is 0 Å². The van der Waals surface area contributed by atoms with Gasteiger partial charge in [-0.1, -0.05) is 0 Å². The smallest absolute Gasteiger partial charge is 0.308 e. The monoisotopic (exact) mass is 354 g/mol. The number of methoxy groups -OCH3 is 3. The lowest BCUT2D eigenvalue weighted by Crippen LogP contribution is -2.10. The fourth-order valence-electron chi connectivity index (χ4n) is 3.23. The average Bonchev–Trinajstić information content (AvgIpc) is 2.66. The Morgan fingerprint density at radius 1 is 0.846 bits per heavy atom. The zero-order chi connectivity index (χ0) is 18.7. The number of ether oxygens (including phenoxy) is 4. The molecule has 1 aliphatic rings. The zero-order valence-electron chi connectivity index (χ0n) is 15.4. The van der Waals surface area contributed by atoms with Gasteiger partial charge in [-0.25, -0.2) is 0 Å². The van der Waals surface area contributed by atoms with Gasteiger partial charge in [0.15, 0.2) is 0 Å². The molecule has 0 aromatic heterocycles.